The minimum atomic E-state index is -0.708. The van der Waals surface area contributed by atoms with E-state index in [0.717, 1.165) is 0 Å². The van der Waals surface area contributed by atoms with Crippen LogP contribution in [-0.4, -0.2) is 19.4 Å². The molecule has 7 heavy (non-hydrogen) atoms. The Labute approximate surface area is 42.5 Å². The first-order chi connectivity index (χ1) is 3.30. The average molecular weight is 104 g/mol. The second-order valence-corrected chi connectivity index (χ2v) is 2.03. The summed E-state index contributed by atoms with van der Waals surface area (Å²) in [6.07, 6.45) is -0.708. The van der Waals surface area contributed by atoms with Crippen molar-refractivity contribution in [2.45, 2.75) is 13.1 Å². The van der Waals surface area contributed by atoms with Gasteiger partial charge < -0.3 is 4.74 Å². The van der Waals surface area contributed by atoms with Gasteiger partial charge in [0.15, 0.2) is 0 Å². The highest BCUT2D eigenvalue weighted by atomic mass is 19.1. The fraction of sp³-hybridized carbons (Fsp3) is 1.00. The Hall–Kier alpha value is -0.110. The second kappa shape index (κ2) is 1.78. The monoisotopic (exact) mass is 104 g/mol. The lowest BCUT2D eigenvalue weighted by molar-refractivity contribution is 0.172. The normalized spacial score (nSPS) is 42.0. The molecule has 0 aliphatic carbocycles. The van der Waals surface area contributed by atoms with Gasteiger partial charge in [-0.1, -0.05) is 6.92 Å². The predicted octanol–water partition coefficient (Wildman–Crippen LogP) is 0.991. The van der Waals surface area contributed by atoms with Crippen LogP contribution in [0.5, 0.6) is 0 Å². The van der Waals surface area contributed by atoms with E-state index >= 15 is 0 Å². The summed E-state index contributed by atoms with van der Waals surface area (Å²) in [6, 6.07) is 0. The summed E-state index contributed by atoms with van der Waals surface area (Å²) in [5, 5.41) is 0. The van der Waals surface area contributed by atoms with Crippen LogP contribution in [0.25, 0.3) is 0 Å². The Bertz CT molecular complexity index is 57.1. The summed E-state index contributed by atoms with van der Waals surface area (Å²) in [7, 11) is 0. The third kappa shape index (κ3) is 0.911. The largest absolute Gasteiger partial charge is 0.378 e. The van der Waals surface area contributed by atoms with E-state index in [9.17, 15) is 4.39 Å². The minimum Gasteiger partial charge on any atom is -0.378 e. The highest BCUT2D eigenvalue weighted by Crippen LogP contribution is 2.14. The summed E-state index contributed by atoms with van der Waals surface area (Å²) in [6.45, 7) is 2.76. The molecular weight excluding hydrogens is 95.1 g/mol. The zero-order valence-corrected chi connectivity index (χ0v) is 4.36. The van der Waals surface area contributed by atoms with Crippen LogP contribution in [0.3, 0.4) is 0 Å². The van der Waals surface area contributed by atoms with Crippen molar-refractivity contribution in [1.29, 1.82) is 0 Å². The molecule has 0 aromatic carbocycles. The smallest absolute Gasteiger partial charge is 0.128 e. The van der Waals surface area contributed by atoms with E-state index in [2.05, 4.69) is 0 Å². The Morgan fingerprint density at radius 2 is 2.29 bits per heavy atom. The number of hydrogen-bond acceptors (Lipinski definition) is 1. The molecule has 1 aliphatic rings. The van der Waals surface area contributed by atoms with E-state index in [0.29, 0.717) is 13.2 Å². The van der Waals surface area contributed by atoms with Crippen LogP contribution in [0.2, 0.25) is 0 Å². The molecule has 1 rings (SSSR count). The van der Waals surface area contributed by atoms with Crippen LogP contribution < -0.4 is 0 Å². The number of hydrogen-bond donors (Lipinski definition) is 0. The molecule has 2 unspecified atom stereocenters. The van der Waals surface area contributed by atoms with E-state index in [1.54, 1.807) is 0 Å². The molecule has 0 aromatic heterocycles. The maximum atomic E-state index is 12.2. The standard InChI is InChI=1S/C5H9FO/c1-4-2-7-3-5(4)6/h4-5H,2-3H2,1H3. The highest BCUT2D eigenvalue weighted by Gasteiger charge is 2.22. The molecule has 0 radical (unpaired) electrons. The zero-order chi connectivity index (χ0) is 5.28. The molecular formula is C5H9FO. The number of alkyl halides is 1. The summed E-state index contributed by atoms with van der Waals surface area (Å²) in [5.41, 5.74) is 0. The van der Waals surface area contributed by atoms with Crippen LogP contribution >= 0.6 is 0 Å². The highest BCUT2D eigenvalue weighted by molar-refractivity contribution is 4.68. The van der Waals surface area contributed by atoms with Crippen LogP contribution in [0.1, 0.15) is 6.92 Å². The van der Waals surface area contributed by atoms with Crippen LogP contribution in [0.15, 0.2) is 0 Å². The van der Waals surface area contributed by atoms with Crippen molar-refractivity contribution in [2.24, 2.45) is 5.92 Å². The third-order valence-electron chi connectivity index (χ3n) is 1.28. The molecule has 0 N–H and O–H groups in total. The van der Waals surface area contributed by atoms with Gasteiger partial charge in [-0.05, 0) is 0 Å². The van der Waals surface area contributed by atoms with Gasteiger partial charge in [0.1, 0.15) is 6.17 Å². The van der Waals surface area contributed by atoms with E-state index in [4.69, 9.17) is 4.74 Å². The summed E-state index contributed by atoms with van der Waals surface area (Å²) >= 11 is 0. The predicted molar refractivity (Wildman–Crippen MR) is 24.9 cm³/mol. The summed E-state index contributed by atoms with van der Waals surface area (Å²) in [5.74, 6) is 0.125. The van der Waals surface area contributed by atoms with Crippen molar-refractivity contribution in [3.8, 4) is 0 Å². The maximum absolute atomic E-state index is 12.2. The molecule has 0 saturated carbocycles. The van der Waals surface area contributed by atoms with E-state index < -0.39 is 6.17 Å². The van der Waals surface area contributed by atoms with Gasteiger partial charge in [-0.25, -0.2) is 4.39 Å². The molecule has 0 aromatic rings. The summed E-state index contributed by atoms with van der Waals surface area (Å²) in [4.78, 5) is 0. The van der Waals surface area contributed by atoms with Crippen molar-refractivity contribution in [3.05, 3.63) is 0 Å². The molecule has 2 atom stereocenters. The van der Waals surface area contributed by atoms with Gasteiger partial charge in [-0.3, -0.25) is 0 Å². The third-order valence-corrected chi connectivity index (χ3v) is 1.28. The molecule has 0 spiro atoms. The average Bonchev–Trinajstić information content (AvgIpc) is 1.91. The SMILES string of the molecule is CC1COCC1F. The topological polar surface area (TPSA) is 9.23 Å². The second-order valence-electron chi connectivity index (χ2n) is 2.03. The van der Waals surface area contributed by atoms with Gasteiger partial charge in [-0.2, -0.15) is 0 Å². The lowest BCUT2D eigenvalue weighted by atomic mass is 10.1. The molecule has 42 valence electrons. The zero-order valence-electron chi connectivity index (χ0n) is 4.36. The lowest BCUT2D eigenvalue weighted by Crippen LogP contribution is -2.07. The van der Waals surface area contributed by atoms with Crippen molar-refractivity contribution >= 4 is 0 Å². The lowest BCUT2D eigenvalue weighted by Gasteiger charge is -1.97. The quantitative estimate of drug-likeness (QED) is 0.445. The van der Waals surface area contributed by atoms with Gasteiger partial charge in [0.2, 0.25) is 0 Å². The molecule has 1 nitrogen and oxygen atoms in total. The van der Waals surface area contributed by atoms with Crippen LogP contribution in [0.4, 0.5) is 4.39 Å². The van der Waals surface area contributed by atoms with Gasteiger partial charge in [-0.15, -0.1) is 0 Å². The first-order valence-electron chi connectivity index (χ1n) is 2.52. The van der Waals surface area contributed by atoms with Gasteiger partial charge in [0, 0.05) is 5.92 Å². The van der Waals surface area contributed by atoms with E-state index in [-0.39, 0.29) is 5.92 Å². The van der Waals surface area contributed by atoms with Crippen molar-refractivity contribution in [2.75, 3.05) is 13.2 Å². The Morgan fingerprint density at radius 3 is 2.43 bits per heavy atom. The number of ether oxygens (including phenoxy) is 1. The van der Waals surface area contributed by atoms with Crippen molar-refractivity contribution in [3.63, 3.8) is 0 Å². The molecule has 2 heteroatoms. The number of halogens is 1. The van der Waals surface area contributed by atoms with Gasteiger partial charge in [0.25, 0.3) is 0 Å². The fourth-order valence-electron chi connectivity index (χ4n) is 0.635. The molecule has 1 fully saturated rings. The van der Waals surface area contributed by atoms with E-state index in [1.165, 1.54) is 0 Å². The maximum Gasteiger partial charge on any atom is 0.128 e. The molecule has 0 bridgehead atoms. The Morgan fingerprint density at radius 1 is 1.57 bits per heavy atom. The summed E-state index contributed by atoms with van der Waals surface area (Å²) < 4.78 is 17.0. The minimum absolute atomic E-state index is 0.125. The molecule has 1 saturated heterocycles. The van der Waals surface area contributed by atoms with Crippen molar-refractivity contribution < 1.29 is 9.13 Å². The van der Waals surface area contributed by atoms with Gasteiger partial charge in [0.05, 0.1) is 13.2 Å². The Balaban J connectivity index is 2.33. The fourth-order valence-corrected chi connectivity index (χ4v) is 0.635. The van der Waals surface area contributed by atoms with Gasteiger partial charge >= 0.3 is 0 Å². The van der Waals surface area contributed by atoms with Crippen molar-refractivity contribution in [1.82, 2.24) is 0 Å². The first-order valence-corrected chi connectivity index (χ1v) is 2.52. The molecule has 1 aliphatic heterocycles. The van der Waals surface area contributed by atoms with E-state index in [1.807, 2.05) is 6.92 Å². The molecule has 1 heterocycles. The van der Waals surface area contributed by atoms with Crippen LogP contribution in [0, 0.1) is 5.92 Å². The Kier molecular flexibility index (Phi) is 1.28. The first kappa shape index (κ1) is 5.04. The van der Waals surface area contributed by atoms with Crippen LogP contribution in [-0.2, 0) is 4.74 Å². The number of rotatable bonds is 0. The molecule has 0 amide bonds.